The second-order valence-corrected chi connectivity index (χ2v) is 4.15. The highest BCUT2D eigenvalue weighted by Gasteiger charge is 2.09. The summed E-state index contributed by atoms with van der Waals surface area (Å²) in [7, 11) is 0. The Labute approximate surface area is 110 Å². The van der Waals surface area contributed by atoms with E-state index in [0.717, 1.165) is 16.7 Å². The molecule has 4 nitrogen and oxygen atoms in total. The molecule has 3 N–H and O–H groups in total. The molecule has 0 saturated carbocycles. The second-order valence-electron chi connectivity index (χ2n) is 4.15. The number of nitrogens with zero attached hydrogens (tertiary/aromatic N) is 1. The number of fused-ring (bicyclic) bond motifs is 1. The first-order valence-corrected chi connectivity index (χ1v) is 5.82. The first-order chi connectivity index (χ1) is 9.28. The Kier molecular flexibility index (Phi) is 2.58. The Morgan fingerprint density at radius 3 is 2.58 bits per heavy atom. The van der Waals surface area contributed by atoms with E-state index in [9.17, 15) is 0 Å². The summed E-state index contributed by atoms with van der Waals surface area (Å²) in [5, 5.41) is 9.87. The standard InChI is InChI=1S/C15H11N3O/c16-9-13-12-8-11(6-7-14(12)18-15(13)17)19-10-4-2-1-3-5-10/h1-8,18H,17H2. The van der Waals surface area contributed by atoms with Gasteiger partial charge in [-0.1, -0.05) is 18.2 Å². The maximum absolute atomic E-state index is 9.10. The number of ether oxygens (including phenoxy) is 1. The molecule has 0 spiro atoms. The number of para-hydroxylation sites is 1. The van der Waals surface area contributed by atoms with E-state index < -0.39 is 0 Å². The summed E-state index contributed by atoms with van der Waals surface area (Å²) < 4.78 is 5.73. The number of aromatic nitrogens is 1. The Bertz CT molecular complexity index is 769. The number of benzene rings is 2. The minimum atomic E-state index is 0.384. The van der Waals surface area contributed by atoms with Gasteiger partial charge in [-0.2, -0.15) is 5.26 Å². The van der Waals surface area contributed by atoms with Gasteiger partial charge in [0.25, 0.3) is 0 Å². The van der Waals surface area contributed by atoms with Crippen molar-refractivity contribution in [3.8, 4) is 17.6 Å². The van der Waals surface area contributed by atoms with Crippen molar-refractivity contribution >= 4 is 16.7 Å². The molecule has 1 heterocycles. The van der Waals surface area contributed by atoms with Crippen molar-refractivity contribution in [1.29, 1.82) is 5.26 Å². The predicted molar refractivity (Wildman–Crippen MR) is 73.9 cm³/mol. The molecular formula is C15H11N3O. The number of hydrogen-bond donors (Lipinski definition) is 2. The van der Waals surface area contributed by atoms with E-state index in [2.05, 4.69) is 11.1 Å². The van der Waals surface area contributed by atoms with Crippen molar-refractivity contribution in [2.24, 2.45) is 0 Å². The van der Waals surface area contributed by atoms with E-state index in [4.69, 9.17) is 15.7 Å². The lowest BCUT2D eigenvalue weighted by Gasteiger charge is -2.05. The molecule has 0 aliphatic heterocycles. The molecule has 19 heavy (non-hydrogen) atoms. The van der Waals surface area contributed by atoms with Gasteiger partial charge < -0.3 is 15.5 Å². The number of rotatable bonds is 2. The molecular weight excluding hydrogens is 238 g/mol. The van der Waals surface area contributed by atoms with Gasteiger partial charge in [0.2, 0.25) is 0 Å². The maximum Gasteiger partial charge on any atom is 0.128 e. The third-order valence-electron chi connectivity index (χ3n) is 2.89. The highest BCUT2D eigenvalue weighted by atomic mass is 16.5. The van der Waals surface area contributed by atoms with E-state index in [1.165, 1.54) is 0 Å². The van der Waals surface area contributed by atoms with E-state index in [1.54, 1.807) is 0 Å². The SMILES string of the molecule is N#Cc1c(N)[nH]c2ccc(Oc3ccccc3)cc12. The molecule has 0 unspecified atom stereocenters. The summed E-state index contributed by atoms with van der Waals surface area (Å²) in [5.41, 5.74) is 7.03. The van der Waals surface area contributed by atoms with Crippen LogP contribution in [0.1, 0.15) is 5.56 Å². The molecule has 92 valence electrons. The van der Waals surface area contributed by atoms with Crippen molar-refractivity contribution < 1.29 is 4.74 Å². The molecule has 4 heteroatoms. The van der Waals surface area contributed by atoms with Gasteiger partial charge in [0, 0.05) is 10.9 Å². The van der Waals surface area contributed by atoms with Crippen LogP contribution < -0.4 is 10.5 Å². The minimum absolute atomic E-state index is 0.384. The first kappa shape index (κ1) is 11.2. The quantitative estimate of drug-likeness (QED) is 0.730. The summed E-state index contributed by atoms with van der Waals surface area (Å²) in [6.07, 6.45) is 0. The molecule has 0 aliphatic rings. The Balaban J connectivity index is 2.04. The average molecular weight is 249 g/mol. The fourth-order valence-electron chi connectivity index (χ4n) is 2.00. The van der Waals surface area contributed by atoms with Gasteiger partial charge in [-0.3, -0.25) is 0 Å². The highest BCUT2D eigenvalue weighted by Crippen LogP contribution is 2.29. The van der Waals surface area contributed by atoms with Crippen LogP contribution in [0.3, 0.4) is 0 Å². The zero-order chi connectivity index (χ0) is 13.2. The number of anilines is 1. The zero-order valence-corrected chi connectivity index (χ0v) is 10.1. The molecule has 3 rings (SSSR count). The molecule has 0 amide bonds. The maximum atomic E-state index is 9.10. The number of aromatic amines is 1. The van der Waals surface area contributed by atoms with Gasteiger partial charge >= 0.3 is 0 Å². The highest BCUT2D eigenvalue weighted by molar-refractivity contribution is 5.92. The third kappa shape index (κ3) is 1.98. The fourth-order valence-corrected chi connectivity index (χ4v) is 2.00. The predicted octanol–water partition coefficient (Wildman–Crippen LogP) is 3.41. The molecule has 3 aromatic rings. The van der Waals surface area contributed by atoms with Gasteiger partial charge in [-0.15, -0.1) is 0 Å². The second kappa shape index (κ2) is 4.39. The summed E-state index contributed by atoms with van der Waals surface area (Å²) in [5.74, 6) is 1.81. The molecule has 0 atom stereocenters. The van der Waals surface area contributed by atoms with Gasteiger partial charge in [0.05, 0.1) is 0 Å². The molecule has 0 aliphatic carbocycles. The smallest absolute Gasteiger partial charge is 0.128 e. The topological polar surface area (TPSA) is 74.8 Å². The van der Waals surface area contributed by atoms with Crippen molar-refractivity contribution in [3.05, 3.63) is 54.1 Å². The number of nitrogens with one attached hydrogen (secondary N) is 1. The Hall–Kier alpha value is -2.93. The average Bonchev–Trinajstić information content (AvgIpc) is 2.74. The molecule has 1 aromatic heterocycles. The summed E-state index contributed by atoms with van der Waals surface area (Å²) >= 11 is 0. The summed E-state index contributed by atoms with van der Waals surface area (Å²) in [6.45, 7) is 0. The van der Waals surface area contributed by atoms with Crippen LogP contribution in [0, 0.1) is 11.3 Å². The minimum Gasteiger partial charge on any atom is -0.457 e. The zero-order valence-electron chi connectivity index (χ0n) is 10.1. The van der Waals surface area contributed by atoms with Gasteiger partial charge in [-0.05, 0) is 30.3 Å². The molecule has 2 aromatic carbocycles. The van der Waals surface area contributed by atoms with Crippen LogP contribution in [0.4, 0.5) is 5.82 Å². The summed E-state index contributed by atoms with van der Waals surface area (Å²) in [6, 6.07) is 17.1. The normalized spacial score (nSPS) is 10.3. The Morgan fingerprint density at radius 1 is 1.05 bits per heavy atom. The largest absolute Gasteiger partial charge is 0.457 e. The van der Waals surface area contributed by atoms with Crippen LogP contribution in [0.15, 0.2) is 48.5 Å². The molecule has 0 saturated heterocycles. The van der Waals surface area contributed by atoms with Crippen molar-refractivity contribution in [2.45, 2.75) is 0 Å². The van der Waals surface area contributed by atoms with Crippen LogP contribution in [0.5, 0.6) is 11.5 Å². The van der Waals surface area contributed by atoms with E-state index in [0.29, 0.717) is 17.1 Å². The van der Waals surface area contributed by atoms with Gasteiger partial charge in [-0.25, -0.2) is 0 Å². The lowest BCUT2D eigenvalue weighted by Crippen LogP contribution is -1.86. The van der Waals surface area contributed by atoms with Crippen LogP contribution >= 0.6 is 0 Å². The van der Waals surface area contributed by atoms with E-state index in [-0.39, 0.29) is 0 Å². The molecule has 0 fully saturated rings. The van der Waals surface area contributed by atoms with E-state index >= 15 is 0 Å². The number of nitrogen functional groups attached to an aromatic ring is 1. The van der Waals surface area contributed by atoms with Gasteiger partial charge in [0.1, 0.15) is 28.9 Å². The first-order valence-electron chi connectivity index (χ1n) is 5.82. The van der Waals surface area contributed by atoms with Crippen molar-refractivity contribution in [1.82, 2.24) is 4.98 Å². The van der Waals surface area contributed by atoms with Crippen LogP contribution in [-0.2, 0) is 0 Å². The molecule has 0 bridgehead atoms. The van der Waals surface area contributed by atoms with Crippen LogP contribution in [0.2, 0.25) is 0 Å². The Morgan fingerprint density at radius 2 is 1.84 bits per heavy atom. The monoisotopic (exact) mass is 249 g/mol. The molecule has 0 radical (unpaired) electrons. The van der Waals surface area contributed by atoms with Crippen molar-refractivity contribution in [3.63, 3.8) is 0 Å². The lowest BCUT2D eigenvalue weighted by atomic mass is 10.2. The number of nitriles is 1. The van der Waals surface area contributed by atoms with Crippen LogP contribution in [0.25, 0.3) is 10.9 Å². The third-order valence-corrected chi connectivity index (χ3v) is 2.89. The van der Waals surface area contributed by atoms with Gasteiger partial charge in [0.15, 0.2) is 0 Å². The number of nitrogens with two attached hydrogens (primary N) is 1. The summed E-state index contributed by atoms with van der Waals surface area (Å²) in [4.78, 5) is 2.97. The number of H-pyrrole nitrogens is 1. The lowest BCUT2D eigenvalue weighted by molar-refractivity contribution is 0.483. The van der Waals surface area contributed by atoms with Crippen molar-refractivity contribution in [2.75, 3.05) is 5.73 Å². The fraction of sp³-hybridized carbons (Fsp3) is 0. The number of hydrogen-bond acceptors (Lipinski definition) is 3. The van der Waals surface area contributed by atoms with Crippen LogP contribution in [-0.4, -0.2) is 4.98 Å². The van der Waals surface area contributed by atoms with E-state index in [1.807, 2.05) is 48.5 Å².